The second-order valence-corrected chi connectivity index (χ2v) is 6.83. The molecule has 4 rings (SSSR count). The van der Waals surface area contributed by atoms with E-state index in [1.807, 2.05) is 0 Å². The first-order valence-corrected chi connectivity index (χ1v) is 8.92. The van der Waals surface area contributed by atoms with E-state index < -0.39 is 11.7 Å². The highest BCUT2D eigenvalue weighted by Crippen LogP contribution is 2.31. The summed E-state index contributed by atoms with van der Waals surface area (Å²) in [6.45, 7) is 1.03. The lowest BCUT2D eigenvalue weighted by atomic mass is 10.0. The number of anilines is 1. The van der Waals surface area contributed by atoms with Crippen LogP contribution in [-0.4, -0.2) is 22.3 Å². The number of aromatic nitrogens is 2. The molecule has 0 aliphatic carbocycles. The van der Waals surface area contributed by atoms with Gasteiger partial charge in [-0.3, -0.25) is 9.36 Å². The number of alkyl halides is 3. The minimum Gasteiger partial charge on any atom is -0.376 e. The molecular weight excluding hydrogens is 371 g/mol. The number of nitrogens with zero attached hydrogens (tertiary/aromatic N) is 2. The van der Waals surface area contributed by atoms with Gasteiger partial charge in [0.15, 0.2) is 0 Å². The van der Waals surface area contributed by atoms with Crippen LogP contribution in [0.25, 0.3) is 22.0 Å². The molecule has 1 fully saturated rings. The van der Waals surface area contributed by atoms with Gasteiger partial charge in [-0.2, -0.15) is 13.2 Å². The molecule has 1 aromatic heterocycles. The van der Waals surface area contributed by atoms with Gasteiger partial charge < -0.3 is 10.5 Å². The molecule has 1 aliphatic rings. The van der Waals surface area contributed by atoms with E-state index in [4.69, 9.17) is 10.5 Å². The molecule has 1 saturated heterocycles. The summed E-state index contributed by atoms with van der Waals surface area (Å²) in [4.78, 5) is 17.1. The number of nitrogens with two attached hydrogens (primary N) is 1. The predicted molar refractivity (Wildman–Crippen MR) is 99.8 cm³/mol. The van der Waals surface area contributed by atoms with E-state index in [2.05, 4.69) is 4.98 Å². The van der Waals surface area contributed by atoms with Crippen molar-refractivity contribution in [3.05, 3.63) is 58.4 Å². The molecule has 2 N–H and O–H groups in total. The number of fused-ring (bicyclic) bond motifs is 1. The van der Waals surface area contributed by atoms with E-state index >= 15 is 0 Å². The van der Waals surface area contributed by atoms with Crippen molar-refractivity contribution in [2.75, 3.05) is 12.3 Å². The van der Waals surface area contributed by atoms with Crippen molar-refractivity contribution in [1.29, 1.82) is 0 Å². The van der Waals surface area contributed by atoms with E-state index in [-0.39, 0.29) is 17.6 Å². The molecule has 3 aromatic rings. The zero-order chi connectivity index (χ0) is 19.9. The second kappa shape index (κ2) is 6.94. The summed E-state index contributed by atoms with van der Waals surface area (Å²) in [5.41, 5.74) is 6.69. The van der Waals surface area contributed by atoms with Gasteiger partial charge >= 0.3 is 6.18 Å². The van der Waals surface area contributed by atoms with Gasteiger partial charge in [-0.25, -0.2) is 4.98 Å². The fraction of sp³-hybridized carbons (Fsp3) is 0.300. The van der Waals surface area contributed by atoms with Crippen LogP contribution in [0.3, 0.4) is 0 Å². The zero-order valence-electron chi connectivity index (χ0n) is 14.9. The molecule has 2 heterocycles. The Morgan fingerprint density at radius 3 is 2.50 bits per heavy atom. The average molecular weight is 389 g/mol. The fourth-order valence-electron chi connectivity index (χ4n) is 3.44. The largest absolute Gasteiger partial charge is 0.416 e. The maximum Gasteiger partial charge on any atom is 0.416 e. The molecule has 0 radical (unpaired) electrons. The van der Waals surface area contributed by atoms with Crippen LogP contribution in [0.1, 0.15) is 18.4 Å². The van der Waals surface area contributed by atoms with Crippen LogP contribution in [0.2, 0.25) is 0 Å². The van der Waals surface area contributed by atoms with Crippen LogP contribution in [-0.2, 0) is 17.5 Å². The Bertz CT molecular complexity index is 1070. The lowest BCUT2D eigenvalue weighted by Crippen LogP contribution is -2.29. The number of halogens is 3. The molecule has 1 unspecified atom stereocenters. The summed E-state index contributed by atoms with van der Waals surface area (Å²) in [6.07, 6.45) is -2.61. The van der Waals surface area contributed by atoms with E-state index in [0.717, 1.165) is 25.0 Å². The monoisotopic (exact) mass is 389 g/mol. The first-order chi connectivity index (χ1) is 13.3. The number of ether oxygens (including phenoxy) is 1. The van der Waals surface area contributed by atoms with Crippen LogP contribution < -0.4 is 11.3 Å². The summed E-state index contributed by atoms with van der Waals surface area (Å²) in [5.74, 6) is 0.0950. The van der Waals surface area contributed by atoms with E-state index in [0.29, 0.717) is 35.2 Å². The smallest absolute Gasteiger partial charge is 0.376 e. The molecule has 146 valence electrons. The molecule has 0 amide bonds. The van der Waals surface area contributed by atoms with Crippen LogP contribution >= 0.6 is 0 Å². The van der Waals surface area contributed by atoms with Crippen molar-refractivity contribution in [1.82, 2.24) is 9.55 Å². The van der Waals surface area contributed by atoms with Gasteiger partial charge in [0.25, 0.3) is 5.56 Å². The molecule has 0 bridgehead atoms. The van der Waals surface area contributed by atoms with Crippen LogP contribution in [0.15, 0.2) is 47.3 Å². The first kappa shape index (κ1) is 18.5. The van der Waals surface area contributed by atoms with E-state index in [9.17, 15) is 18.0 Å². The quantitative estimate of drug-likeness (QED) is 0.739. The third kappa shape index (κ3) is 3.47. The number of rotatable bonds is 3. The Labute approximate surface area is 158 Å². The number of nitrogen functional groups attached to an aromatic ring is 1. The van der Waals surface area contributed by atoms with Gasteiger partial charge in [-0.1, -0.05) is 18.2 Å². The van der Waals surface area contributed by atoms with Crippen molar-refractivity contribution in [3.8, 4) is 11.1 Å². The Balaban J connectivity index is 1.70. The fourth-order valence-corrected chi connectivity index (χ4v) is 3.44. The van der Waals surface area contributed by atoms with Crippen molar-refractivity contribution < 1.29 is 17.9 Å². The van der Waals surface area contributed by atoms with Gasteiger partial charge in [0.1, 0.15) is 0 Å². The maximum atomic E-state index is 12.8. The van der Waals surface area contributed by atoms with Gasteiger partial charge in [-0.15, -0.1) is 0 Å². The van der Waals surface area contributed by atoms with Gasteiger partial charge in [0.2, 0.25) is 5.95 Å². The molecule has 0 spiro atoms. The van der Waals surface area contributed by atoms with Crippen LogP contribution in [0, 0.1) is 0 Å². The topological polar surface area (TPSA) is 70.1 Å². The summed E-state index contributed by atoms with van der Waals surface area (Å²) < 4.78 is 45.2. The molecule has 5 nitrogen and oxygen atoms in total. The third-order valence-corrected chi connectivity index (χ3v) is 4.94. The first-order valence-electron chi connectivity index (χ1n) is 8.92. The summed E-state index contributed by atoms with van der Waals surface area (Å²) in [7, 11) is 0. The number of hydrogen-bond acceptors (Lipinski definition) is 4. The molecule has 2 aromatic carbocycles. The highest BCUT2D eigenvalue weighted by atomic mass is 19.4. The molecule has 8 heteroatoms. The lowest BCUT2D eigenvalue weighted by Gasteiger charge is -2.15. The van der Waals surface area contributed by atoms with Gasteiger partial charge in [-0.05, 0) is 48.2 Å². The SMILES string of the molecule is Nc1nc2cc(-c3ccc(C(F)(F)F)cc3)ccc2c(=O)n1CC1CCCO1. The third-order valence-electron chi connectivity index (χ3n) is 4.94. The highest BCUT2D eigenvalue weighted by molar-refractivity contribution is 5.84. The summed E-state index contributed by atoms with van der Waals surface area (Å²) in [5, 5.41) is 0.405. The highest BCUT2D eigenvalue weighted by Gasteiger charge is 2.30. The maximum absolute atomic E-state index is 12.8. The number of benzene rings is 2. The Kier molecular flexibility index (Phi) is 4.58. The number of hydrogen-bond donors (Lipinski definition) is 1. The van der Waals surface area contributed by atoms with Gasteiger partial charge in [0, 0.05) is 6.61 Å². The Hall–Kier alpha value is -2.87. The average Bonchev–Trinajstić information content (AvgIpc) is 3.17. The molecule has 0 saturated carbocycles. The minimum atomic E-state index is -4.38. The predicted octanol–water partition coefficient (Wildman–Crippen LogP) is 3.84. The van der Waals surface area contributed by atoms with E-state index in [1.54, 1.807) is 18.2 Å². The Morgan fingerprint density at radius 2 is 1.86 bits per heavy atom. The zero-order valence-corrected chi connectivity index (χ0v) is 14.9. The second-order valence-electron chi connectivity index (χ2n) is 6.83. The normalized spacial score (nSPS) is 17.3. The molecule has 28 heavy (non-hydrogen) atoms. The molecule has 1 atom stereocenters. The lowest BCUT2D eigenvalue weighted by molar-refractivity contribution is -0.137. The standard InChI is InChI=1S/C20H18F3N3O2/c21-20(22,23)14-6-3-12(4-7-14)13-5-8-16-17(10-13)25-19(24)26(18(16)27)11-15-2-1-9-28-15/h3-8,10,15H,1-2,9,11H2,(H2,24,25). The van der Waals surface area contributed by atoms with Crippen molar-refractivity contribution in [2.24, 2.45) is 0 Å². The van der Waals surface area contributed by atoms with Crippen molar-refractivity contribution >= 4 is 16.9 Å². The molecular formula is C20H18F3N3O2. The van der Waals surface area contributed by atoms with Gasteiger partial charge in [0.05, 0.1) is 29.1 Å². The minimum absolute atomic E-state index is 0.0503. The van der Waals surface area contributed by atoms with Crippen LogP contribution in [0.4, 0.5) is 19.1 Å². The molecule has 1 aliphatic heterocycles. The van der Waals surface area contributed by atoms with E-state index in [1.165, 1.54) is 16.7 Å². The summed E-state index contributed by atoms with van der Waals surface area (Å²) in [6, 6.07) is 9.83. The van der Waals surface area contributed by atoms with Crippen molar-refractivity contribution in [3.63, 3.8) is 0 Å². The van der Waals surface area contributed by atoms with Crippen LogP contribution in [0.5, 0.6) is 0 Å². The Morgan fingerprint density at radius 1 is 1.14 bits per heavy atom. The van der Waals surface area contributed by atoms with Crippen molar-refractivity contribution in [2.45, 2.75) is 31.7 Å². The summed E-state index contributed by atoms with van der Waals surface area (Å²) >= 11 is 0.